The first-order valence-electron chi connectivity index (χ1n) is 6.17. The summed E-state index contributed by atoms with van der Waals surface area (Å²) in [6, 6.07) is 7.75. The molecule has 0 spiro atoms. The predicted molar refractivity (Wildman–Crippen MR) is 65.4 cm³/mol. The standard InChI is InChI=1S/C14H17ClO/c15-13-7-5-12(6-8-13)14(16)9-10-1-3-11(14)4-2-10/h5-8,10-11,16H,1-4,9H2. The quantitative estimate of drug-likeness (QED) is 0.788. The Labute approximate surface area is 101 Å². The molecule has 1 unspecified atom stereocenters. The van der Waals surface area contributed by atoms with Gasteiger partial charge in [-0.3, -0.25) is 0 Å². The van der Waals surface area contributed by atoms with Crippen LogP contribution < -0.4 is 0 Å². The molecule has 0 radical (unpaired) electrons. The van der Waals surface area contributed by atoms with E-state index >= 15 is 0 Å². The van der Waals surface area contributed by atoms with Gasteiger partial charge in [0, 0.05) is 5.02 Å². The van der Waals surface area contributed by atoms with Crippen molar-refractivity contribution in [1.29, 1.82) is 0 Å². The maximum Gasteiger partial charge on any atom is 0.0927 e. The molecule has 4 rings (SSSR count). The van der Waals surface area contributed by atoms with Gasteiger partial charge in [-0.05, 0) is 61.6 Å². The first-order valence-corrected chi connectivity index (χ1v) is 6.55. The number of fused-ring (bicyclic) bond motifs is 3. The molecule has 0 heterocycles. The van der Waals surface area contributed by atoms with Gasteiger partial charge in [-0.25, -0.2) is 0 Å². The van der Waals surface area contributed by atoms with Crippen molar-refractivity contribution in [3.05, 3.63) is 34.9 Å². The van der Waals surface area contributed by atoms with Gasteiger partial charge < -0.3 is 5.11 Å². The van der Waals surface area contributed by atoms with Crippen LogP contribution in [0, 0.1) is 11.8 Å². The van der Waals surface area contributed by atoms with Crippen LogP contribution in [0.4, 0.5) is 0 Å². The lowest BCUT2D eigenvalue weighted by Crippen LogP contribution is -2.45. The minimum atomic E-state index is -0.578. The first kappa shape index (κ1) is 10.6. The molecule has 1 aromatic carbocycles. The van der Waals surface area contributed by atoms with Gasteiger partial charge in [0.2, 0.25) is 0 Å². The number of hydrogen-bond acceptors (Lipinski definition) is 1. The van der Waals surface area contributed by atoms with E-state index < -0.39 is 5.60 Å². The Morgan fingerprint density at radius 3 is 2.19 bits per heavy atom. The SMILES string of the molecule is OC1(c2ccc(Cl)cc2)CC2CCC1CC2. The van der Waals surface area contributed by atoms with Crippen LogP contribution in [0.15, 0.2) is 24.3 Å². The highest BCUT2D eigenvalue weighted by Crippen LogP contribution is 2.52. The second-order valence-corrected chi connectivity index (χ2v) is 5.79. The fourth-order valence-electron chi connectivity index (χ4n) is 3.54. The van der Waals surface area contributed by atoms with Crippen molar-refractivity contribution in [3.63, 3.8) is 0 Å². The summed E-state index contributed by atoms with van der Waals surface area (Å²) in [6.07, 6.45) is 5.92. The average molecular weight is 237 g/mol. The van der Waals surface area contributed by atoms with Gasteiger partial charge in [0.05, 0.1) is 5.60 Å². The summed E-state index contributed by atoms with van der Waals surface area (Å²) in [4.78, 5) is 0. The average Bonchev–Trinajstić information content (AvgIpc) is 2.31. The molecule has 3 saturated carbocycles. The van der Waals surface area contributed by atoms with Gasteiger partial charge >= 0.3 is 0 Å². The van der Waals surface area contributed by atoms with Crippen LogP contribution >= 0.6 is 11.6 Å². The number of rotatable bonds is 1. The second kappa shape index (κ2) is 3.75. The van der Waals surface area contributed by atoms with Crippen LogP contribution in [-0.4, -0.2) is 5.11 Å². The fourth-order valence-corrected chi connectivity index (χ4v) is 3.67. The summed E-state index contributed by atoms with van der Waals surface area (Å²) >= 11 is 5.89. The van der Waals surface area contributed by atoms with E-state index in [1.165, 1.54) is 25.7 Å². The molecule has 0 aliphatic heterocycles. The lowest BCUT2D eigenvalue weighted by atomic mass is 9.60. The molecule has 1 aromatic rings. The molecule has 2 heteroatoms. The zero-order valence-corrected chi connectivity index (χ0v) is 10.1. The Kier molecular flexibility index (Phi) is 2.49. The molecule has 1 nitrogen and oxygen atoms in total. The largest absolute Gasteiger partial charge is 0.385 e. The predicted octanol–water partition coefficient (Wildman–Crippen LogP) is 3.74. The van der Waals surface area contributed by atoms with Crippen molar-refractivity contribution in [3.8, 4) is 0 Å². The molecule has 2 bridgehead atoms. The Hall–Kier alpha value is -0.530. The Morgan fingerprint density at radius 2 is 1.69 bits per heavy atom. The molecule has 1 atom stereocenters. The van der Waals surface area contributed by atoms with Crippen molar-refractivity contribution in [1.82, 2.24) is 0 Å². The molecule has 1 N–H and O–H groups in total. The van der Waals surface area contributed by atoms with E-state index in [9.17, 15) is 5.11 Å². The van der Waals surface area contributed by atoms with E-state index in [-0.39, 0.29) is 0 Å². The maximum atomic E-state index is 10.9. The van der Waals surface area contributed by atoms with Crippen LogP contribution in [0.3, 0.4) is 0 Å². The first-order chi connectivity index (χ1) is 7.68. The van der Waals surface area contributed by atoms with E-state index in [4.69, 9.17) is 11.6 Å². The molecule has 3 fully saturated rings. The van der Waals surface area contributed by atoms with Gasteiger partial charge in [0.1, 0.15) is 0 Å². The molecule has 0 aromatic heterocycles. The second-order valence-electron chi connectivity index (χ2n) is 5.35. The summed E-state index contributed by atoms with van der Waals surface area (Å²) in [5, 5.41) is 11.6. The summed E-state index contributed by atoms with van der Waals surface area (Å²) in [5.41, 5.74) is 0.484. The lowest BCUT2D eigenvalue weighted by molar-refractivity contribution is -0.104. The van der Waals surface area contributed by atoms with E-state index in [1.807, 2.05) is 24.3 Å². The molecule has 3 aliphatic rings. The van der Waals surface area contributed by atoms with Crippen molar-refractivity contribution >= 4 is 11.6 Å². The highest BCUT2D eigenvalue weighted by atomic mass is 35.5. The fraction of sp³-hybridized carbons (Fsp3) is 0.571. The third kappa shape index (κ3) is 1.57. The molecule has 0 amide bonds. The van der Waals surface area contributed by atoms with Gasteiger partial charge in [0.15, 0.2) is 0 Å². The van der Waals surface area contributed by atoms with Crippen LogP contribution in [0.2, 0.25) is 5.02 Å². The number of halogens is 1. The monoisotopic (exact) mass is 236 g/mol. The van der Waals surface area contributed by atoms with E-state index in [2.05, 4.69) is 0 Å². The Bertz CT molecular complexity index is 378. The van der Waals surface area contributed by atoms with Crippen LogP contribution in [0.5, 0.6) is 0 Å². The van der Waals surface area contributed by atoms with Crippen molar-refractivity contribution in [2.75, 3.05) is 0 Å². The summed E-state index contributed by atoms with van der Waals surface area (Å²) in [7, 11) is 0. The topological polar surface area (TPSA) is 20.2 Å². The Morgan fingerprint density at radius 1 is 1.06 bits per heavy atom. The molecule has 3 aliphatic carbocycles. The third-order valence-electron chi connectivity index (χ3n) is 4.47. The Balaban J connectivity index is 1.95. The van der Waals surface area contributed by atoms with E-state index in [1.54, 1.807) is 0 Å². The molecule has 0 saturated heterocycles. The van der Waals surface area contributed by atoms with Crippen LogP contribution in [-0.2, 0) is 5.60 Å². The van der Waals surface area contributed by atoms with E-state index in [0.717, 1.165) is 22.9 Å². The molecule has 16 heavy (non-hydrogen) atoms. The number of aliphatic hydroxyl groups is 1. The normalized spacial score (nSPS) is 37.6. The smallest absolute Gasteiger partial charge is 0.0927 e. The van der Waals surface area contributed by atoms with Crippen LogP contribution in [0.25, 0.3) is 0 Å². The highest BCUT2D eigenvalue weighted by molar-refractivity contribution is 6.30. The van der Waals surface area contributed by atoms with Gasteiger partial charge in [-0.1, -0.05) is 23.7 Å². The number of hydrogen-bond donors (Lipinski definition) is 1. The highest BCUT2D eigenvalue weighted by Gasteiger charge is 2.46. The molecule has 86 valence electrons. The third-order valence-corrected chi connectivity index (χ3v) is 4.72. The minimum absolute atomic E-state index is 0.457. The maximum absolute atomic E-state index is 10.9. The van der Waals surface area contributed by atoms with Gasteiger partial charge in [0.25, 0.3) is 0 Å². The lowest BCUT2D eigenvalue weighted by Gasteiger charge is -2.49. The van der Waals surface area contributed by atoms with Gasteiger partial charge in [-0.2, -0.15) is 0 Å². The van der Waals surface area contributed by atoms with Crippen LogP contribution in [0.1, 0.15) is 37.7 Å². The molecular weight excluding hydrogens is 220 g/mol. The summed E-state index contributed by atoms with van der Waals surface area (Å²) in [6.45, 7) is 0. The van der Waals surface area contributed by atoms with E-state index in [0.29, 0.717) is 5.92 Å². The summed E-state index contributed by atoms with van der Waals surface area (Å²) < 4.78 is 0. The minimum Gasteiger partial charge on any atom is -0.385 e. The van der Waals surface area contributed by atoms with Crippen molar-refractivity contribution in [2.24, 2.45) is 11.8 Å². The zero-order chi connectivity index (χ0) is 11.2. The van der Waals surface area contributed by atoms with Crippen molar-refractivity contribution < 1.29 is 5.11 Å². The zero-order valence-electron chi connectivity index (χ0n) is 9.32. The van der Waals surface area contributed by atoms with Crippen molar-refractivity contribution in [2.45, 2.75) is 37.7 Å². The van der Waals surface area contributed by atoms with Gasteiger partial charge in [-0.15, -0.1) is 0 Å². The summed E-state index contributed by atoms with van der Waals surface area (Å²) in [5.74, 6) is 1.18. The number of benzene rings is 1. The molecular formula is C14H17ClO.